The zero-order valence-corrected chi connectivity index (χ0v) is 42.7. The average Bonchev–Trinajstić information content (AvgIpc) is 3.31. The number of aliphatic hydroxyl groups excluding tert-OH is 2. The highest BCUT2D eigenvalue weighted by molar-refractivity contribution is 5.76. The molecule has 65 heavy (non-hydrogen) atoms. The van der Waals surface area contributed by atoms with Crippen molar-refractivity contribution in [3.05, 3.63) is 109 Å². The Morgan fingerprint density at radius 2 is 0.677 bits per heavy atom. The molecule has 0 bridgehead atoms. The highest BCUT2D eigenvalue weighted by Gasteiger charge is 2.18. The Balaban J connectivity index is 3.63. The second kappa shape index (κ2) is 55.4. The minimum atomic E-state index is -0.854. The number of carbonyl (C=O) groups excluding carboxylic acids is 1. The summed E-state index contributed by atoms with van der Waals surface area (Å²) in [4.78, 5) is 12.5. The molecule has 2 atom stereocenters. The molecule has 0 aromatic heterocycles. The van der Waals surface area contributed by atoms with Crippen molar-refractivity contribution in [2.75, 3.05) is 6.61 Å². The quantitative estimate of drug-likeness (QED) is 0.0421. The molecule has 0 saturated heterocycles. The topological polar surface area (TPSA) is 69.6 Å². The fraction of sp³-hybridized carbons (Fsp3) is 0.689. The molecule has 0 aromatic rings. The first-order chi connectivity index (χ1) is 32.2. The summed E-state index contributed by atoms with van der Waals surface area (Å²) in [5.74, 6) is -0.0814. The van der Waals surface area contributed by atoms with Gasteiger partial charge in [0.2, 0.25) is 5.91 Å². The molecule has 0 aliphatic carbocycles. The third-order valence-corrected chi connectivity index (χ3v) is 12.0. The lowest BCUT2D eigenvalue weighted by Gasteiger charge is -2.20. The molecule has 0 radical (unpaired) electrons. The van der Waals surface area contributed by atoms with Crippen molar-refractivity contribution in [2.24, 2.45) is 0 Å². The third-order valence-electron chi connectivity index (χ3n) is 12.0. The Morgan fingerprint density at radius 1 is 0.385 bits per heavy atom. The number of hydrogen-bond acceptors (Lipinski definition) is 3. The molecule has 2 unspecified atom stereocenters. The second-order valence-electron chi connectivity index (χ2n) is 18.3. The van der Waals surface area contributed by atoms with E-state index in [1.807, 2.05) is 6.08 Å². The molecule has 0 aliphatic heterocycles. The van der Waals surface area contributed by atoms with Gasteiger partial charge in [-0.05, 0) is 83.5 Å². The van der Waals surface area contributed by atoms with Crippen LogP contribution in [0.4, 0.5) is 0 Å². The largest absolute Gasteiger partial charge is 0.394 e. The van der Waals surface area contributed by atoms with Crippen molar-refractivity contribution in [3.8, 4) is 0 Å². The summed E-state index contributed by atoms with van der Waals surface area (Å²) in [6.45, 7) is 4.20. The predicted molar refractivity (Wildman–Crippen MR) is 289 cm³/mol. The molecule has 4 nitrogen and oxygen atoms in total. The summed E-state index contributed by atoms with van der Waals surface area (Å²) < 4.78 is 0. The molecule has 0 fully saturated rings. The summed E-state index contributed by atoms with van der Waals surface area (Å²) >= 11 is 0. The number of carbonyl (C=O) groups is 1. The molecular formula is C61H105NO3. The predicted octanol–water partition coefficient (Wildman–Crippen LogP) is 18.3. The fourth-order valence-electron chi connectivity index (χ4n) is 7.84. The van der Waals surface area contributed by atoms with E-state index in [0.717, 1.165) is 89.9 Å². The molecule has 1 amide bonds. The highest BCUT2D eigenvalue weighted by Crippen LogP contribution is 2.16. The Kier molecular flexibility index (Phi) is 52.9. The van der Waals surface area contributed by atoms with Crippen molar-refractivity contribution in [1.29, 1.82) is 0 Å². The standard InChI is InChI=1S/C61H105NO3/c1-3-5-7-9-11-13-15-17-19-21-23-25-27-28-29-30-31-32-33-34-35-37-39-41-43-45-47-49-51-53-55-57-61(65)62-59(58-63)60(64)56-54-52-50-48-46-44-42-40-38-36-26-24-22-20-18-16-14-12-10-8-6-4-2/h5,7,11,13,17,19,23,25,28-29,31-32,34-35,39,41,54,56,59-60,63-64H,3-4,6,8-10,12,14-16,18,20-22,24,26-27,30,33,36-38,40,42-53,55,57-58H2,1-2H3,(H,62,65)/b7-5-,13-11-,19-17-,25-23-,29-28-,32-31-,35-34-,41-39-,56-54+. The molecular weight excluding hydrogens is 795 g/mol. The first-order valence-corrected chi connectivity index (χ1v) is 27.6. The van der Waals surface area contributed by atoms with E-state index in [2.05, 4.69) is 116 Å². The van der Waals surface area contributed by atoms with E-state index in [9.17, 15) is 15.0 Å². The maximum absolute atomic E-state index is 12.5. The zero-order valence-electron chi connectivity index (χ0n) is 42.7. The summed E-state index contributed by atoms with van der Waals surface area (Å²) in [5.41, 5.74) is 0. The van der Waals surface area contributed by atoms with Crippen LogP contribution >= 0.6 is 0 Å². The minimum absolute atomic E-state index is 0.0814. The molecule has 3 N–H and O–H groups in total. The van der Waals surface area contributed by atoms with E-state index in [1.165, 1.54) is 141 Å². The van der Waals surface area contributed by atoms with Crippen LogP contribution in [0.25, 0.3) is 0 Å². The molecule has 0 heterocycles. The van der Waals surface area contributed by atoms with Gasteiger partial charge >= 0.3 is 0 Å². The van der Waals surface area contributed by atoms with Crippen LogP contribution in [0.3, 0.4) is 0 Å². The van der Waals surface area contributed by atoms with Gasteiger partial charge in [0.15, 0.2) is 0 Å². The number of amides is 1. The van der Waals surface area contributed by atoms with Gasteiger partial charge < -0.3 is 15.5 Å². The van der Waals surface area contributed by atoms with Crippen molar-refractivity contribution < 1.29 is 15.0 Å². The lowest BCUT2D eigenvalue weighted by atomic mass is 10.0. The third kappa shape index (κ3) is 51.9. The summed E-state index contributed by atoms with van der Waals surface area (Å²) in [5, 5.41) is 23.2. The van der Waals surface area contributed by atoms with Gasteiger partial charge in [-0.3, -0.25) is 4.79 Å². The maximum Gasteiger partial charge on any atom is 0.220 e. The van der Waals surface area contributed by atoms with Crippen molar-refractivity contribution >= 4 is 5.91 Å². The van der Waals surface area contributed by atoms with Crippen molar-refractivity contribution in [3.63, 3.8) is 0 Å². The summed E-state index contributed by atoms with van der Waals surface area (Å²) in [6, 6.07) is -0.639. The highest BCUT2D eigenvalue weighted by atomic mass is 16.3. The van der Waals surface area contributed by atoms with Gasteiger partial charge in [0, 0.05) is 6.42 Å². The Morgan fingerprint density at radius 3 is 1.02 bits per heavy atom. The fourth-order valence-corrected chi connectivity index (χ4v) is 7.84. The Labute approximate surface area is 404 Å². The Bertz CT molecular complexity index is 1250. The van der Waals surface area contributed by atoms with Gasteiger partial charge in [0.25, 0.3) is 0 Å². The number of hydrogen-bond donors (Lipinski definition) is 3. The molecule has 0 aliphatic rings. The SMILES string of the molecule is CC/C=C\C/C=C\C/C=C\C/C=C\C/C=C\C/C=C\C/C=C\C/C=C\CCCCCCCCC(=O)NC(CO)C(O)/C=C/CCCCCCCCCCCCCCCCCCCCCC. The molecule has 0 saturated carbocycles. The minimum Gasteiger partial charge on any atom is -0.394 e. The van der Waals surface area contributed by atoms with Gasteiger partial charge in [-0.25, -0.2) is 0 Å². The number of nitrogens with one attached hydrogen (secondary N) is 1. The molecule has 0 rings (SSSR count). The van der Waals surface area contributed by atoms with Gasteiger partial charge in [-0.15, -0.1) is 0 Å². The first kappa shape index (κ1) is 62.1. The van der Waals surface area contributed by atoms with Crippen LogP contribution in [0.15, 0.2) is 109 Å². The van der Waals surface area contributed by atoms with Crippen molar-refractivity contribution in [2.45, 2.75) is 264 Å². The number of unbranched alkanes of at least 4 members (excludes halogenated alkanes) is 26. The zero-order chi connectivity index (χ0) is 47.0. The lowest BCUT2D eigenvalue weighted by Crippen LogP contribution is -2.45. The molecule has 4 heteroatoms. The van der Waals surface area contributed by atoms with Crippen LogP contribution in [0.2, 0.25) is 0 Å². The normalized spacial score (nSPS) is 13.7. The summed E-state index contributed by atoms with van der Waals surface area (Å²) in [7, 11) is 0. The lowest BCUT2D eigenvalue weighted by molar-refractivity contribution is -0.123. The van der Waals surface area contributed by atoms with Crippen LogP contribution in [0.5, 0.6) is 0 Å². The van der Waals surface area contributed by atoms with E-state index < -0.39 is 12.1 Å². The van der Waals surface area contributed by atoms with E-state index >= 15 is 0 Å². The monoisotopic (exact) mass is 900 g/mol. The summed E-state index contributed by atoms with van der Waals surface area (Å²) in [6.07, 6.45) is 83.7. The van der Waals surface area contributed by atoms with Crippen LogP contribution in [-0.2, 0) is 4.79 Å². The first-order valence-electron chi connectivity index (χ1n) is 27.6. The van der Waals surface area contributed by atoms with E-state index in [0.29, 0.717) is 6.42 Å². The van der Waals surface area contributed by atoms with Gasteiger partial charge in [0.1, 0.15) is 0 Å². The van der Waals surface area contributed by atoms with Crippen LogP contribution in [0, 0.1) is 0 Å². The number of rotatable bonds is 49. The van der Waals surface area contributed by atoms with Crippen LogP contribution < -0.4 is 5.32 Å². The van der Waals surface area contributed by atoms with E-state index in [-0.39, 0.29) is 12.5 Å². The maximum atomic E-state index is 12.5. The average molecular weight is 901 g/mol. The molecule has 0 aromatic carbocycles. The van der Waals surface area contributed by atoms with Gasteiger partial charge in [0.05, 0.1) is 18.8 Å². The number of allylic oxidation sites excluding steroid dienone is 17. The van der Waals surface area contributed by atoms with Gasteiger partial charge in [-0.2, -0.15) is 0 Å². The van der Waals surface area contributed by atoms with Crippen LogP contribution in [-0.4, -0.2) is 34.9 Å². The number of aliphatic hydroxyl groups is 2. The second-order valence-corrected chi connectivity index (χ2v) is 18.3. The van der Waals surface area contributed by atoms with Crippen LogP contribution in [0.1, 0.15) is 251 Å². The smallest absolute Gasteiger partial charge is 0.220 e. The molecule has 372 valence electrons. The van der Waals surface area contributed by atoms with Gasteiger partial charge in [-0.1, -0.05) is 271 Å². The molecule has 0 spiro atoms. The van der Waals surface area contributed by atoms with E-state index in [1.54, 1.807) is 6.08 Å². The van der Waals surface area contributed by atoms with E-state index in [4.69, 9.17) is 0 Å². The Hall–Kier alpha value is -2.95. The van der Waals surface area contributed by atoms with Crippen molar-refractivity contribution in [1.82, 2.24) is 5.32 Å².